The lowest BCUT2D eigenvalue weighted by Gasteiger charge is -2.36. The maximum Gasteiger partial charge on any atom is 0.0218 e. The third kappa shape index (κ3) is 4.30. The normalized spacial score (nSPS) is 22.6. The molecule has 0 aromatic carbocycles. The van der Waals surface area contributed by atoms with Gasteiger partial charge in [-0.2, -0.15) is 11.3 Å². The van der Waals surface area contributed by atoms with Crippen molar-refractivity contribution in [2.45, 2.75) is 52.6 Å². The second kappa shape index (κ2) is 7.41. The lowest BCUT2D eigenvalue weighted by molar-refractivity contribution is 0.150. The number of aryl methyl sites for hydroxylation is 1. The van der Waals surface area contributed by atoms with Crippen LogP contribution in [0, 0.1) is 12.8 Å². The Kier molecular flexibility index (Phi) is 5.86. The van der Waals surface area contributed by atoms with E-state index in [0.717, 1.165) is 12.5 Å². The van der Waals surface area contributed by atoms with Crippen molar-refractivity contribution in [2.75, 3.05) is 19.6 Å². The molecule has 2 rings (SSSR count). The van der Waals surface area contributed by atoms with Crippen molar-refractivity contribution in [2.24, 2.45) is 5.92 Å². The highest BCUT2D eigenvalue weighted by Crippen LogP contribution is 2.21. The van der Waals surface area contributed by atoms with Crippen LogP contribution in [0.25, 0.3) is 0 Å². The number of rotatable bonds is 6. The molecule has 1 aliphatic rings. The molecule has 1 fully saturated rings. The van der Waals surface area contributed by atoms with Crippen LogP contribution in [0.4, 0.5) is 0 Å². The number of nitrogens with one attached hydrogen (secondary N) is 1. The highest BCUT2D eigenvalue weighted by atomic mass is 32.1. The van der Waals surface area contributed by atoms with Crippen LogP contribution in [0.15, 0.2) is 10.8 Å². The zero-order chi connectivity index (χ0) is 13.7. The van der Waals surface area contributed by atoms with Gasteiger partial charge in [0.1, 0.15) is 0 Å². The number of hydrogen-bond donors (Lipinski definition) is 1. The molecule has 0 radical (unpaired) electrons. The fourth-order valence-electron chi connectivity index (χ4n) is 3.02. The van der Waals surface area contributed by atoms with Crippen LogP contribution < -0.4 is 5.32 Å². The summed E-state index contributed by atoms with van der Waals surface area (Å²) in [7, 11) is 0. The van der Waals surface area contributed by atoms with Gasteiger partial charge in [-0.1, -0.05) is 6.92 Å². The number of nitrogens with zero attached hydrogens (tertiary/aromatic N) is 1. The molecule has 0 saturated carbocycles. The van der Waals surface area contributed by atoms with Crippen molar-refractivity contribution in [3.8, 4) is 0 Å². The maximum absolute atomic E-state index is 3.74. The lowest BCUT2D eigenvalue weighted by atomic mass is 9.91. The molecule has 2 unspecified atom stereocenters. The van der Waals surface area contributed by atoms with Gasteiger partial charge in [0.05, 0.1) is 0 Å². The minimum atomic E-state index is 0.624. The van der Waals surface area contributed by atoms with Crippen LogP contribution in [-0.4, -0.2) is 30.6 Å². The Morgan fingerprint density at radius 3 is 3.00 bits per heavy atom. The SMILES string of the molecule is CCCN1CCCC(C(C)NCc2cscc2C)C1. The summed E-state index contributed by atoms with van der Waals surface area (Å²) in [5.41, 5.74) is 2.90. The number of hydrogen-bond acceptors (Lipinski definition) is 3. The number of likely N-dealkylation sites (tertiary alicyclic amines) is 1. The van der Waals surface area contributed by atoms with E-state index in [9.17, 15) is 0 Å². The first-order chi connectivity index (χ1) is 9.20. The van der Waals surface area contributed by atoms with Gasteiger partial charge in [-0.15, -0.1) is 0 Å². The van der Waals surface area contributed by atoms with E-state index >= 15 is 0 Å². The quantitative estimate of drug-likeness (QED) is 0.855. The molecule has 2 atom stereocenters. The molecule has 0 spiro atoms. The molecular formula is C16H28N2S. The molecule has 1 aliphatic heterocycles. The summed E-state index contributed by atoms with van der Waals surface area (Å²) in [6, 6.07) is 0.624. The highest BCUT2D eigenvalue weighted by Gasteiger charge is 2.23. The van der Waals surface area contributed by atoms with Gasteiger partial charge in [0.2, 0.25) is 0 Å². The maximum atomic E-state index is 3.74. The summed E-state index contributed by atoms with van der Waals surface area (Å²) in [4.78, 5) is 2.64. The van der Waals surface area contributed by atoms with E-state index < -0.39 is 0 Å². The molecule has 19 heavy (non-hydrogen) atoms. The van der Waals surface area contributed by atoms with Crippen LogP contribution in [0.2, 0.25) is 0 Å². The van der Waals surface area contributed by atoms with E-state index in [1.54, 1.807) is 0 Å². The molecule has 1 aromatic heterocycles. The monoisotopic (exact) mass is 280 g/mol. The fourth-order valence-corrected chi connectivity index (χ4v) is 3.88. The Morgan fingerprint density at radius 2 is 2.32 bits per heavy atom. The summed E-state index contributed by atoms with van der Waals surface area (Å²) in [5, 5.41) is 8.26. The minimum absolute atomic E-state index is 0.624. The summed E-state index contributed by atoms with van der Waals surface area (Å²) in [6.07, 6.45) is 4.04. The van der Waals surface area contributed by atoms with Crippen molar-refractivity contribution >= 4 is 11.3 Å². The third-order valence-corrected chi connectivity index (χ3v) is 5.28. The second-order valence-corrected chi connectivity index (χ2v) is 6.70. The zero-order valence-electron chi connectivity index (χ0n) is 12.6. The van der Waals surface area contributed by atoms with E-state index in [1.165, 1.54) is 50.0 Å². The molecular weight excluding hydrogens is 252 g/mol. The van der Waals surface area contributed by atoms with Crippen molar-refractivity contribution < 1.29 is 0 Å². The molecule has 2 heterocycles. The van der Waals surface area contributed by atoms with Crippen LogP contribution in [0.1, 0.15) is 44.2 Å². The Labute approximate surface area is 122 Å². The highest BCUT2D eigenvalue weighted by molar-refractivity contribution is 7.08. The lowest BCUT2D eigenvalue weighted by Crippen LogP contribution is -2.44. The minimum Gasteiger partial charge on any atom is -0.310 e. The topological polar surface area (TPSA) is 15.3 Å². The van der Waals surface area contributed by atoms with Gasteiger partial charge in [0.25, 0.3) is 0 Å². The Bertz CT molecular complexity index is 373. The van der Waals surface area contributed by atoms with Gasteiger partial charge in [-0.05, 0) is 74.0 Å². The molecule has 1 aromatic rings. The van der Waals surface area contributed by atoms with Crippen LogP contribution in [0.3, 0.4) is 0 Å². The summed E-state index contributed by atoms with van der Waals surface area (Å²) in [6.45, 7) is 11.7. The molecule has 108 valence electrons. The zero-order valence-corrected chi connectivity index (χ0v) is 13.4. The molecule has 1 N–H and O–H groups in total. The van der Waals surface area contributed by atoms with Crippen LogP contribution in [-0.2, 0) is 6.54 Å². The van der Waals surface area contributed by atoms with E-state index in [4.69, 9.17) is 0 Å². The predicted octanol–water partition coefficient (Wildman–Crippen LogP) is 3.66. The van der Waals surface area contributed by atoms with Gasteiger partial charge in [-0.3, -0.25) is 0 Å². The molecule has 0 aliphatic carbocycles. The van der Waals surface area contributed by atoms with Crippen molar-refractivity contribution in [3.63, 3.8) is 0 Å². The molecule has 0 bridgehead atoms. The first kappa shape index (κ1) is 15.0. The van der Waals surface area contributed by atoms with Gasteiger partial charge < -0.3 is 10.2 Å². The average Bonchev–Trinajstić information content (AvgIpc) is 2.82. The van der Waals surface area contributed by atoms with Crippen LogP contribution in [0.5, 0.6) is 0 Å². The van der Waals surface area contributed by atoms with E-state index in [0.29, 0.717) is 6.04 Å². The Balaban J connectivity index is 1.79. The van der Waals surface area contributed by atoms with Crippen molar-refractivity contribution in [3.05, 3.63) is 21.9 Å². The average molecular weight is 280 g/mol. The summed E-state index contributed by atoms with van der Waals surface area (Å²) >= 11 is 1.81. The third-order valence-electron chi connectivity index (χ3n) is 4.37. The fraction of sp³-hybridized carbons (Fsp3) is 0.750. The van der Waals surface area contributed by atoms with Crippen LogP contribution >= 0.6 is 11.3 Å². The molecule has 1 saturated heterocycles. The first-order valence-electron chi connectivity index (χ1n) is 7.68. The summed E-state index contributed by atoms with van der Waals surface area (Å²) in [5.74, 6) is 0.819. The Morgan fingerprint density at radius 1 is 1.47 bits per heavy atom. The standard InChI is InChI=1S/C16H28N2S/c1-4-7-18-8-5-6-15(10-18)14(3)17-9-16-12-19-11-13(16)2/h11-12,14-15,17H,4-10H2,1-3H3. The van der Waals surface area contributed by atoms with Crippen molar-refractivity contribution in [1.82, 2.24) is 10.2 Å². The predicted molar refractivity (Wildman–Crippen MR) is 84.8 cm³/mol. The number of thiophene rings is 1. The molecule has 3 heteroatoms. The van der Waals surface area contributed by atoms with Crippen molar-refractivity contribution in [1.29, 1.82) is 0 Å². The van der Waals surface area contributed by atoms with Gasteiger partial charge >= 0.3 is 0 Å². The van der Waals surface area contributed by atoms with E-state index in [-0.39, 0.29) is 0 Å². The molecule has 2 nitrogen and oxygen atoms in total. The van der Waals surface area contributed by atoms with E-state index in [1.807, 2.05) is 11.3 Å². The largest absolute Gasteiger partial charge is 0.310 e. The van der Waals surface area contributed by atoms with E-state index in [2.05, 4.69) is 41.7 Å². The molecule has 0 amide bonds. The number of piperidine rings is 1. The Hall–Kier alpha value is -0.380. The van der Waals surface area contributed by atoms with Gasteiger partial charge in [0, 0.05) is 19.1 Å². The van der Waals surface area contributed by atoms with Gasteiger partial charge in [-0.25, -0.2) is 0 Å². The summed E-state index contributed by atoms with van der Waals surface area (Å²) < 4.78 is 0. The van der Waals surface area contributed by atoms with Gasteiger partial charge in [0.15, 0.2) is 0 Å². The second-order valence-electron chi connectivity index (χ2n) is 5.95. The smallest absolute Gasteiger partial charge is 0.0218 e. The first-order valence-corrected chi connectivity index (χ1v) is 8.62.